The minimum absolute atomic E-state index is 0.186. The summed E-state index contributed by atoms with van der Waals surface area (Å²) in [6, 6.07) is 13.7. The van der Waals surface area contributed by atoms with Crippen molar-refractivity contribution in [3.8, 4) is 23.0 Å². The normalized spacial score (nSPS) is 16.0. The van der Waals surface area contributed by atoms with Crippen LogP contribution in [0.3, 0.4) is 0 Å². The van der Waals surface area contributed by atoms with Crippen LogP contribution in [-0.4, -0.2) is 31.6 Å². The fourth-order valence-electron chi connectivity index (χ4n) is 4.32. The van der Waals surface area contributed by atoms with Crippen molar-refractivity contribution in [3.63, 3.8) is 0 Å². The van der Waals surface area contributed by atoms with Crippen molar-refractivity contribution >= 4 is 11.9 Å². The lowest BCUT2D eigenvalue weighted by atomic mass is 9.99. The highest BCUT2D eigenvalue weighted by atomic mass is 19.1. The third-order valence-corrected chi connectivity index (χ3v) is 6.05. The third-order valence-electron chi connectivity index (χ3n) is 6.05. The lowest BCUT2D eigenvalue weighted by Crippen LogP contribution is -2.32. The number of methoxy groups -OCH3 is 2. The molecule has 0 bridgehead atoms. The number of benzene rings is 3. The average Bonchev–Trinajstić information content (AvgIpc) is 3.16. The Hall–Kier alpha value is -3.84. The second-order valence-corrected chi connectivity index (χ2v) is 8.30. The summed E-state index contributed by atoms with van der Waals surface area (Å²) in [5, 5.41) is 0. The number of ketones is 1. The Morgan fingerprint density at radius 3 is 2.59 bits per heavy atom. The molecule has 34 heavy (non-hydrogen) atoms. The van der Waals surface area contributed by atoms with Gasteiger partial charge in [0.05, 0.1) is 19.8 Å². The van der Waals surface area contributed by atoms with E-state index in [-0.39, 0.29) is 17.4 Å². The second kappa shape index (κ2) is 8.83. The molecule has 3 aromatic carbocycles. The third kappa shape index (κ3) is 3.99. The molecule has 7 heteroatoms. The first kappa shape index (κ1) is 22.0. The Morgan fingerprint density at radius 1 is 1.06 bits per heavy atom. The van der Waals surface area contributed by atoms with Gasteiger partial charge in [0.1, 0.15) is 35.5 Å². The fraction of sp³-hybridized carbons (Fsp3) is 0.222. The van der Waals surface area contributed by atoms with E-state index in [0.29, 0.717) is 48.2 Å². The zero-order valence-electron chi connectivity index (χ0n) is 19.2. The Labute approximate surface area is 197 Å². The Balaban J connectivity index is 1.42. The molecule has 0 saturated heterocycles. The van der Waals surface area contributed by atoms with Crippen molar-refractivity contribution in [3.05, 3.63) is 87.9 Å². The molecule has 5 rings (SSSR count). The van der Waals surface area contributed by atoms with Gasteiger partial charge >= 0.3 is 0 Å². The maximum atomic E-state index is 13.2. The van der Waals surface area contributed by atoms with E-state index in [2.05, 4.69) is 4.90 Å². The molecule has 0 spiro atoms. The van der Waals surface area contributed by atoms with Gasteiger partial charge in [0.2, 0.25) is 5.78 Å². The molecule has 3 aromatic rings. The van der Waals surface area contributed by atoms with E-state index in [9.17, 15) is 9.18 Å². The predicted molar refractivity (Wildman–Crippen MR) is 125 cm³/mol. The lowest BCUT2D eigenvalue weighted by molar-refractivity contribution is 0.0876. The average molecular weight is 461 g/mol. The molecule has 0 unspecified atom stereocenters. The highest BCUT2D eigenvalue weighted by Crippen LogP contribution is 2.43. The molecule has 0 aliphatic carbocycles. The number of fused-ring (bicyclic) bond motifs is 2. The summed E-state index contributed by atoms with van der Waals surface area (Å²) >= 11 is 0. The summed E-state index contributed by atoms with van der Waals surface area (Å²) in [4.78, 5) is 15.3. The van der Waals surface area contributed by atoms with Crippen LogP contribution < -0.4 is 18.9 Å². The monoisotopic (exact) mass is 461 g/mol. The molecule has 2 heterocycles. The minimum atomic E-state index is -0.259. The number of rotatable bonds is 5. The van der Waals surface area contributed by atoms with E-state index in [1.165, 1.54) is 12.1 Å². The van der Waals surface area contributed by atoms with Gasteiger partial charge in [-0.25, -0.2) is 4.39 Å². The first-order valence-electron chi connectivity index (χ1n) is 10.9. The number of nitrogens with zero attached hydrogens (tertiary/aromatic N) is 1. The summed E-state index contributed by atoms with van der Waals surface area (Å²) in [7, 11) is 3.15. The number of ether oxygens (including phenoxy) is 4. The van der Waals surface area contributed by atoms with E-state index >= 15 is 0 Å². The van der Waals surface area contributed by atoms with E-state index in [1.54, 1.807) is 44.6 Å². The molecule has 6 nitrogen and oxygen atoms in total. The quantitative estimate of drug-likeness (QED) is 0.492. The first-order valence-corrected chi connectivity index (χ1v) is 10.9. The zero-order valence-corrected chi connectivity index (χ0v) is 19.2. The van der Waals surface area contributed by atoms with E-state index in [0.717, 1.165) is 22.4 Å². The van der Waals surface area contributed by atoms with E-state index < -0.39 is 0 Å². The van der Waals surface area contributed by atoms with Gasteiger partial charge in [-0.15, -0.1) is 0 Å². The molecule has 2 aliphatic rings. The SMILES string of the molecule is COc1ccc(/C=C2\Oc3c(cc4c(c3C)OCN(Cc3ccc(F)cc3)C4)C2=O)c(OC)c1. The number of halogens is 1. The number of allylic oxidation sites excluding steroid dienone is 1. The topological polar surface area (TPSA) is 57.2 Å². The van der Waals surface area contributed by atoms with Crippen LogP contribution in [0, 0.1) is 12.7 Å². The number of hydrogen-bond donors (Lipinski definition) is 0. The second-order valence-electron chi connectivity index (χ2n) is 8.30. The standard InChI is InChI=1S/C27H24FNO5/c1-16-26-19(14-29(15-33-26)13-17-4-7-20(28)8-5-17)10-22-25(30)24(34-27(16)22)11-18-6-9-21(31-2)12-23(18)32-3/h4-12H,13-15H2,1-3H3/b24-11-. The molecule has 0 fully saturated rings. The lowest BCUT2D eigenvalue weighted by Gasteiger charge is -2.30. The Morgan fingerprint density at radius 2 is 1.85 bits per heavy atom. The van der Waals surface area contributed by atoms with Gasteiger partial charge in [0, 0.05) is 35.8 Å². The van der Waals surface area contributed by atoms with Crippen LogP contribution in [0.4, 0.5) is 4.39 Å². The zero-order chi connectivity index (χ0) is 23.8. The number of hydrogen-bond acceptors (Lipinski definition) is 6. The smallest absolute Gasteiger partial charge is 0.231 e. The van der Waals surface area contributed by atoms with Crippen molar-refractivity contribution in [1.29, 1.82) is 0 Å². The maximum Gasteiger partial charge on any atom is 0.231 e. The molecular weight excluding hydrogens is 437 g/mol. The summed E-state index contributed by atoms with van der Waals surface area (Å²) < 4.78 is 36.0. The van der Waals surface area contributed by atoms with Crippen LogP contribution in [0.25, 0.3) is 6.08 Å². The van der Waals surface area contributed by atoms with Gasteiger partial charge in [-0.05, 0) is 48.9 Å². The number of carbonyl (C=O) groups is 1. The van der Waals surface area contributed by atoms with Crippen LogP contribution in [0.15, 0.2) is 54.3 Å². The van der Waals surface area contributed by atoms with Crippen LogP contribution in [-0.2, 0) is 13.1 Å². The van der Waals surface area contributed by atoms with Crippen molar-refractivity contribution in [2.24, 2.45) is 0 Å². The molecule has 0 atom stereocenters. The summed E-state index contributed by atoms with van der Waals surface area (Å²) in [6.45, 7) is 3.52. The van der Waals surface area contributed by atoms with Crippen LogP contribution >= 0.6 is 0 Å². The van der Waals surface area contributed by atoms with Gasteiger partial charge in [0.15, 0.2) is 5.76 Å². The largest absolute Gasteiger partial charge is 0.497 e. The van der Waals surface area contributed by atoms with Crippen molar-refractivity contribution < 1.29 is 28.1 Å². The molecular formula is C27H24FNO5. The molecule has 0 N–H and O–H groups in total. The Bertz CT molecular complexity index is 1300. The van der Waals surface area contributed by atoms with Crippen molar-refractivity contribution in [2.75, 3.05) is 21.0 Å². The van der Waals surface area contributed by atoms with Gasteiger partial charge in [-0.2, -0.15) is 0 Å². The number of Topliss-reactive ketones (excluding diaryl/α,β-unsaturated/α-hetero) is 1. The summed E-state index contributed by atoms with van der Waals surface area (Å²) in [6.07, 6.45) is 1.68. The Kier molecular flexibility index (Phi) is 5.71. The summed E-state index contributed by atoms with van der Waals surface area (Å²) in [5.41, 5.74) is 3.94. The molecule has 0 aromatic heterocycles. The molecule has 174 valence electrons. The highest BCUT2D eigenvalue weighted by molar-refractivity contribution is 6.15. The molecule has 0 radical (unpaired) electrons. The summed E-state index contributed by atoms with van der Waals surface area (Å²) in [5.74, 6) is 2.28. The van der Waals surface area contributed by atoms with Gasteiger partial charge in [-0.1, -0.05) is 12.1 Å². The van der Waals surface area contributed by atoms with Crippen molar-refractivity contribution in [1.82, 2.24) is 4.90 Å². The van der Waals surface area contributed by atoms with Crippen LogP contribution in [0.2, 0.25) is 0 Å². The molecule has 0 saturated carbocycles. The molecule has 2 aliphatic heterocycles. The van der Waals surface area contributed by atoms with Gasteiger partial charge in [0.25, 0.3) is 0 Å². The van der Waals surface area contributed by atoms with Crippen molar-refractivity contribution in [2.45, 2.75) is 20.0 Å². The minimum Gasteiger partial charge on any atom is -0.497 e. The number of carbonyl (C=O) groups excluding carboxylic acids is 1. The van der Waals surface area contributed by atoms with Crippen LogP contribution in [0.5, 0.6) is 23.0 Å². The highest BCUT2D eigenvalue weighted by Gasteiger charge is 2.33. The van der Waals surface area contributed by atoms with Gasteiger partial charge in [-0.3, -0.25) is 9.69 Å². The predicted octanol–water partition coefficient (Wildman–Crippen LogP) is 5.12. The maximum absolute atomic E-state index is 13.2. The van der Waals surface area contributed by atoms with E-state index in [1.807, 2.05) is 19.1 Å². The van der Waals surface area contributed by atoms with Crippen LogP contribution in [0.1, 0.15) is 32.6 Å². The first-order chi connectivity index (χ1) is 16.5. The fourth-order valence-corrected chi connectivity index (χ4v) is 4.32. The molecule has 0 amide bonds. The van der Waals surface area contributed by atoms with E-state index in [4.69, 9.17) is 18.9 Å². The van der Waals surface area contributed by atoms with Gasteiger partial charge < -0.3 is 18.9 Å².